The fourth-order valence-corrected chi connectivity index (χ4v) is 2.78. The summed E-state index contributed by atoms with van der Waals surface area (Å²) >= 11 is 0. The minimum absolute atomic E-state index is 0.0993. The van der Waals surface area contributed by atoms with E-state index in [-0.39, 0.29) is 24.5 Å². The Bertz CT molecular complexity index is 744. The van der Waals surface area contributed by atoms with Gasteiger partial charge in [0.15, 0.2) is 11.5 Å². The first-order valence-electron chi connectivity index (χ1n) is 8.49. The number of carbonyl (C=O) groups excluding carboxylic acids is 1. The van der Waals surface area contributed by atoms with Gasteiger partial charge in [0.05, 0.1) is 30.1 Å². The summed E-state index contributed by atoms with van der Waals surface area (Å²) in [4.78, 5) is 12.6. The fraction of sp³-hybridized carbons (Fsp3) is 0.444. The molecule has 2 heterocycles. The number of ether oxygens (including phenoxy) is 2. The molecular weight excluding hydrogens is 322 g/mol. The average Bonchev–Trinajstić information content (AvgIpc) is 3.14. The molecule has 0 saturated carbocycles. The Labute approximate surface area is 146 Å². The Kier molecular flexibility index (Phi) is 5.23. The first kappa shape index (κ1) is 17.3. The van der Waals surface area contributed by atoms with Gasteiger partial charge in [0, 0.05) is 5.56 Å². The largest absolute Gasteiger partial charge is 0.486 e. The highest BCUT2D eigenvalue weighted by Crippen LogP contribution is 2.34. The minimum atomic E-state index is -0.291. The van der Waals surface area contributed by atoms with Crippen molar-refractivity contribution in [3.05, 3.63) is 30.0 Å². The number of rotatable bonds is 6. The van der Waals surface area contributed by atoms with E-state index in [0.29, 0.717) is 36.0 Å². The van der Waals surface area contributed by atoms with Crippen LogP contribution in [0.15, 0.2) is 24.4 Å². The van der Waals surface area contributed by atoms with Crippen LogP contribution in [0.5, 0.6) is 11.5 Å². The summed E-state index contributed by atoms with van der Waals surface area (Å²) in [6.07, 6.45) is 2.36. The minimum Gasteiger partial charge on any atom is -0.486 e. The molecule has 25 heavy (non-hydrogen) atoms. The molecule has 0 unspecified atom stereocenters. The highest BCUT2D eigenvalue weighted by Gasteiger charge is 2.22. The van der Waals surface area contributed by atoms with Gasteiger partial charge >= 0.3 is 0 Å². The summed E-state index contributed by atoms with van der Waals surface area (Å²) in [6, 6.07) is 5.22. The van der Waals surface area contributed by atoms with E-state index in [9.17, 15) is 9.90 Å². The van der Waals surface area contributed by atoms with Crippen molar-refractivity contribution >= 4 is 5.91 Å². The monoisotopic (exact) mass is 345 g/mol. The molecule has 3 rings (SSSR count). The summed E-state index contributed by atoms with van der Waals surface area (Å²) < 4.78 is 11.1. The molecule has 3 N–H and O–H groups in total. The average molecular weight is 345 g/mol. The zero-order valence-corrected chi connectivity index (χ0v) is 14.4. The molecule has 1 amide bonds. The molecule has 0 saturated heterocycles. The Morgan fingerprint density at radius 2 is 2.12 bits per heavy atom. The Balaban J connectivity index is 1.84. The molecule has 7 heteroatoms. The predicted octanol–water partition coefficient (Wildman–Crippen LogP) is 1.98. The van der Waals surface area contributed by atoms with E-state index in [0.717, 1.165) is 12.0 Å². The van der Waals surface area contributed by atoms with Gasteiger partial charge in [-0.05, 0) is 24.1 Å². The van der Waals surface area contributed by atoms with Crippen LogP contribution in [-0.2, 0) is 0 Å². The lowest BCUT2D eigenvalue weighted by Gasteiger charge is -2.22. The molecule has 1 aromatic heterocycles. The van der Waals surface area contributed by atoms with Gasteiger partial charge in [0.2, 0.25) is 0 Å². The topological polar surface area (TPSA) is 96.5 Å². The number of nitrogens with zero attached hydrogens (tertiary/aromatic N) is 1. The van der Waals surface area contributed by atoms with E-state index >= 15 is 0 Å². The third-order valence-corrected chi connectivity index (χ3v) is 4.56. The third-order valence-electron chi connectivity index (χ3n) is 4.56. The fourth-order valence-electron chi connectivity index (χ4n) is 2.78. The number of nitrogens with one attached hydrogen (secondary N) is 2. The van der Waals surface area contributed by atoms with Gasteiger partial charge in [-0.1, -0.05) is 20.3 Å². The Morgan fingerprint density at radius 3 is 2.84 bits per heavy atom. The molecule has 7 nitrogen and oxygen atoms in total. The smallest absolute Gasteiger partial charge is 0.255 e. The lowest BCUT2D eigenvalue weighted by molar-refractivity contribution is 0.0892. The highest BCUT2D eigenvalue weighted by molar-refractivity contribution is 6.00. The predicted molar refractivity (Wildman–Crippen MR) is 92.8 cm³/mol. The summed E-state index contributed by atoms with van der Waals surface area (Å²) in [5.74, 6) is 1.26. The van der Waals surface area contributed by atoms with E-state index < -0.39 is 0 Å². The second-order valence-electron chi connectivity index (χ2n) is 6.17. The summed E-state index contributed by atoms with van der Waals surface area (Å²) in [5.41, 5.74) is 1.82. The van der Waals surface area contributed by atoms with Gasteiger partial charge in [-0.3, -0.25) is 9.89 Å². The number of benzene rings is 1. The summed E-state index contributed by atoms with van der Waals surface area (Å²) in [7, 11) is 0. The molecule has 0 aliphatic carbocycles. The van der Waals surface area contributed by atoms with Crippen LogP contribution in [0, 0.1) is 5.92 Å². The highest BCUT2D eigenvalue weighted by atomic mass is 16.6. The van der Waals surface area contributed by atoms with Crippen molar-refractivity contribution in [1.29, 1.82) is 0 Å². The summed E-state index contributed by atoms with van der Waals surface area (Å²) in [5, 5.41) is 19.3. The van der Waals surface area contributed by atoms with Crippen molar-refractivity contribution < 1.29 is 19.4 Å². The van der Waals surface area contributed by atoms with Crippen molar-refractivity contribution in [2.24, 2.45) is 5.92 Å². The van der Waals surface area contributed by atoms with Crippen molar-refractivity contribution in [3.63, 3.8) is 0 Å². The van der Waals surface area contributed by atoms with E-state index in [4.69, 9.17) is 9.47 Å². The second kappa shape index (κ2) is 7.57. The van der Waals surface area contributed by atoms with Gasteiger partial charge in [0.1, 0.15) is 13.2 Å². The maximum atomic E-state index is 12.6. The molecule has 1 aromatic carbocycles. The zero-order chi connectivity index (χ0) is 17.8. The van der Waals surface area contributed by atoms with Crippen LogP contribution < -0.4 is 14.8 Å². The first-order valence-corrected chi connectivity index (χ1v) is 8.49. The van der Waals surface area contributed by atoms with Crippen molar-refractivity contribution in [2.75, 3.05) is 19.8 Å². The van der Waals surface area contributed by atoms with Gasteiger partial charge in [-0.25, -0.2) is 0 Å². The number of aromatic amines is 1. The first-order chi connectivity index (χ1) is 12.1. The zero-order valence-electron chi connectivity index (χ0n) is 14.4. The standard InChI is InChI=1S/C18H23N3O4/c1-3-11(2)14(10-22)20-18(23)13-9-19-21-17(13)12-4-5-15-16(8-12)25-7-6-24-15/h4-5,8-9,11,14,22H,3,6-7,10H2,1-2H3,(H,19,21)(H,20,23)/t11-,14+/m1/s1. The number of aliphatic hydroxyl groups is 1. The van der Waals surface area contributed by atoms with Crippen molar-refractivity contribution in [2.45, 2.75) is 26.3 Å². The number of fused-ring (bicyclic) bond motifs is 1. The lowest BCUT2D eigenvalue weighted by Crippen LogP contribution is -2.41. The van der Waals surface area contributed by atoms with Gasteiger partial charge in [-0.15, -0.1) is 0 Å². The number of hydrogen-bond acceptors (Lipinski definition) is 5. The number of aromatic nitrogens is 2. The van der Waals surface area contributed by atoms with Gasteiger partial charge < -0.3 is 19.9 Å². The van der Waals surface area contributed by atoms with Crippen LogP contribution in [0.4, 0.5) is 0 Å². The van der Waals surface area contributed by atoms with Crippen LogP contribution >= 0.6 is 0 Å². The second-order valence-corrected chi connectivity index (χ2v) is 6.17. The molecule has 0 spiro atoms. The van der Waals surface area contributed by atoms with E-state index in [1.807, 2.05) is 32.0 Å². The van der Waals surface area contributed by atoms with Crippen LogP contribution in [0.1, 0.15) is 30.6 Å². The Morgan fingerprint density at radius 1 is 1.36 bits per heavy atom. The normalized spacial score (nSPS) is 15.5. The number of amides is 1. The Hall–Kier alpha value is -2.54. The molecule has 2 atom stereocenters. The van der Waals surface area contributed by atoms with Crippen LogP contribution in [0.2, 0.25) is 0 Å². The van der Waals surface area contributed by atoms with Crippen molar-refractivity contribution in [3.8, 4) is 22.8 Å². The molecule has 2 aromatic rings. The van der Waals surface area contributed by atoms with Gasteiger partial charge in [0.25, 0.3) is 5.91 Å². The number of hydrogen-bond donors (Lipinski definition) is 3. The third kappa shape index (κ3) is 3.61. The lowest BCUT2D eigenvalue weighted by atomic mass is 9.99. The number of aliphatic hydroxyl groups excluding tert-OH is 1. The van der Waals surface area contributed by atoms with Crippen LogP contribution in [0.25, 0.3) is 11.3 Å². The maximum absolute atomic E-state index is 12.6. The number of carbonyl (C=O) groups is 1. The molecular formula is C18H23N3O4. The van der Waals surface area contributed by atoms with Crippen molar-refractivity contribution in [1.82, 2.24) is 15.5 Å². The SMILES string of the molecule is CC[C@@H](C)[C@H](CO)NC(=O)c1cn[nH]c1-c1ccc2c(c1)OCCO2. The van der Waals surface area contributed by atoms with E-state index in [2.05, 4.69) is 15.5 Å². The molecule has 1 aliphatic rings. The molecule has 0 radical (unpaired) electrons. The molecule has 1 aliphatic heterocycles. The molecule has 0 fully saturated rings. The van der Waals surface area contributed by atoms with E-state index in [1.165, 1.54) is 6.20 Å². The quantitative estimate of drug-likeness (QED) is 0.744. The molecule has 0 bridgehead atoms. The van der Waals surface area contributed by atoms with Crippen LogP contribution in [0.3, 0.4) is 0 Å². The van der Waals surface area contributed by atoms with Crippen LogP contribution in [-0.4, -0.2) is 47.1 Å². The summed E-state index contributed by atoms with van der Waals surface area (Å²) in [6.45, 7) is 4.95. The molecule has 134 valence electrons. The van der Waals surface area contributed by atoms with Gasteiger partial charge in [-0.2, -0.15) is 5.10 Å². The van der Waals surface area contributed by atoms with E-state index in [1.54, 1.807) is 0 Å². The number of H-pyrrole nitrogens is 1. The maximum Gasteiger partial charge on any atom is 0.255 e.